The largest absolute Gasteiger partial charge is 0.505 e. The van der Waals surface area contributed by atoms with E-state index in [1.165, 1.54) is 0 Å². The van der Waals surface area contributed by atoms with Crippen LogP contribution in [0.5, 0.6) is 11.5 Å². The van der Waals surface area contributed by atoms with E-state index < -0.39 is 23.1 Å². The number of hydrogen-bond donors (Lipinski definition) is 3. The number of hydrogen-bond acceptors (Lipinski definition) is 3. The molecule has 0 atom stereocenters. The van der Waals surface area contributed by atoms with Crippen LogP contribution in [-0.4, -0.2) is 23.3 Å². The van der Waals surface area contributed by atoms with Crippen LogP contribution in [0.3, 0.4) is 0 Å². The molecule has 1 heterocycles. The first-order valence-electron chi connectivity index (χ1n) is 5.69. The van der Waals surface area contributed by atoms with Crippen LogP contribution in [0, 0.1) is 17.6 Å². The molecule has 1 fully saturated rings. The van der Waals surface area contributed by atoms with E-state index >= 15 is 0 Å². The molecule has 94 valence electrons. The third-order valence-electron chi connectivity index (χ3n) is 3.20. The van der Waals surface area contributed by atoms with Gasteiger partial charge in [-0.2, -0.15) is 0 Å². The highest BCUT2D eigenvalue weighted by Gasteiger charge is 2.22. The van der Waals surface area contributed by atoms with E-state index in [4.69, 9.17) is 0 Å². The fraction of sp³-hybridized carbons (Fsp3) is 0.500. The van der Waals surface area contributed by atoms with Gasteiger partial charge >= 0.3 is 0 Å². The van der Waals surface area contributed by atoms with Crippen molar-refractivity contribution in [3.05, 3.63) is 23.3 Å². The van der Waals surface area contributed by atoms with Crippen molar-refractivity contribution in [2.24, 2.45) is 5.92 Å². The van der Waals surface area contributed by atoms with Crippen LogP contribution in [0.2, 0.25) is 0 Å². The number of nitrogens with one attached hydrogen (secondary N) is 1. The van der Waals surface area contributed by atoms with Gasteiger partial charge in [-0.1, -0.05) is 0 Å². The summed E-state index contributed by atoms with van der Waals surface area (Å²) in [4.78, 5) is 0. The summed E-state index contributed by atoms with van der Waals surface area (Å²) >= 11 is 0. The Balaban J connectivity index is 2.24. The normalized spacial score (nSPS) is 17.3. The number of halogens is 2. The molecular formula is C12H15F2NO2. The molecule has 0 unspecified atom stereocenters. The second-order valence-corrected chi connectivity index (χ2v) is 4.42. The monoisotopic (exact) mass is 243 g/mol. The van der Waals surface area contributed by atoms with Crippen molar-refractivity contribution >= 4 is 0 Å². The van der Waals surface area contributed by atoms with Crippen molar-refractivity contribution in [1.29, 1.82) is 0 Å². The molecule has 5 heteroatoms. The van der Waals surface area contributed by atoms with E-state index in [9.17, 15) is 19.0 Å². The van der Waals surface area contributed by atoms with Gasteiger partial charge in [-0.05, 0) is 38.3 Å². The molecule has 3 nitrogen and oxygen atoms in total. The number of rotatable bonds is 2. The molecule has 1 aliphatic rings. The number of piperidine rings is 1. The molecule has 0 amide bonds. The predicted octanol–water partition coefficient (Wildman–Crippen LogP) is 1.92. The highest BCUT2D eigenvalue weighted by molar-refractivity contribution is 5.40. The molecule has 0 saturated carbocycles. The number of benzene rings is 1. The molecule has 0 spiro atoms. The number of phenols is 2. The maximum atomic E-state index is 13.6. The smallest absolute Gasteiger partial charge is 0.171 e. The average Bonchev–Trinajstić information content (AvgIpc) is 2.33. The molecule has 0 bridgehead atoms. The van der Waals surface area contributed by atoms with Gasteiger partial charge in [0.2, 0.25) is 0 Å². The lowest BCUT2D eigenvalue weighted by Gasteiger charge is -2.23. The lowest BCUT2D eigenvalue weighted by molar-refractivity contribution is 0.349. The van der Waals surface area contributed by atoms with Crippen molar-refractivity contribution in [3.8, 4) is 11.5 Å². The van der Waals surface area contributed by atoms with Crippen molar-refractivity contribution in [2.75, 3.05) is 13.1 Å². The minimum absolute atomic E-state index is 0.182. The zero-order chi connectivity index (χ0) is 12.4. The fourth-order valence-corrected chi connectivity index (χ4v) is 2.22. The summed E-state index contributed by atoms with van der Waals surface area (Å²) in [6.45, 7) is 1.66. The fourth-order valence-electron chi connectivity index (χ4n) is 2.22. The zero-order valence-electron chi connectivity index (χ0n) is 9.34. The Morgan fingerprint density at radius 3 is 2.18 bits per heavy atom. The summed E-state index contributed by atoms with van der Waals surface area (Å²) in [5.41, 5.74) is -0.214. The maximum absolute atomic E-state index is 13.6. The van der Waals surface area contributed by atoms with E-state index in [0.29, 0.717) is 6.07 Å². The van der Waals surface area contributed by atoms with E-state index in [-0.39, 0.29) is 17.9 Å². The average molecular weight is 243 g/mol. The zero-order valence-corrected chi connectivity index (χ0v) is 9.34. The second-order valence-electron chi connectivity index (χ2n) is 4.42. The lowest BCUT2D eigenvalue weighted by atomic mass is 9.90. The molecule has 1 saturated heterocycles. The van der Waals surface area contributed by atoms with Gasteiger partial charge in [-0.15, -0.1) is 0 Å². The first kappa shape index (κ1) is 12.1. The first-order valence-corrected chi connectivity index (χ1v) is 5.69. The van der Waals surface area contributed by atoms with E-state index in [2.05, 4.69) is 5.32 Å². The SMILES string of the molecule is Oc1cc(O)c(F)c(CC2CCNCC2)c1F. The van der Waals surface area contributed by atoms with E-state index in [0.717, 1.165) is 25.9 Å². The molecule has 1 aromatic carbocycles. The van der Waals surface area contributed by atoms with Crippen LogP contribution in [0.1, 0.15) is 18.4 Å². The van der Waals surface area contributed by atoms with Gasteiger partial charge in [0.05, 0.1) is 0 Å². The Kier molecular flexibility index (Phi) is 3.47. The predicted molar refractivity (Wildman–Crippen MR) is 59.0 cm³/mol. The minimum Gasteiger partial charge on any atom is -0.505 e. The van der Waals surface area contributed by atoms with Crippen molar-refractivity contribution in [3.63, 3.8) is 0 Å². The number of phenolic OH excluding ortho intramolecular Hbond substituents is 2. The van der Waals surface area contributed by atoms with Crippen LogP contribution < -0.4 is 5.32 Å². The van der Waals surface area contributed by atoms with Crippen molar-refractivity contribution < 1.29 is 19.0 Å². The molecule has 17 heavy (non-hydrogen) atoms. The molecule has 1 aliphatic heterocycles. The van der Waals surface area contributed by atoms with Crippen LogP contribution in [0.25, 0.3) is 0 Å². The van der Waals surface area contributed by atoms with Crippen LogP contribution in [-0.2, 0) is 6.42 Å². The van der Waals surface area contributed by atoms with Crippen molar-refractivity contribution in [2.45, 2.75) is 19.3 Å². The van der Waals surface area contributed by atoms with Gasteiger partial charge in [-0.25, -0.2) is 8.78 Å². The summed E-state index contributed by atoms with van der Waals surface area (Å²) in [5.74, 6) is -3.14. The van der Waals surface area contributed by atoms with Crippen molar-refractivity contribution in [1.82, 2.24) is 5.32 Å². The van der Waals surface area contributed by atoms with Gasteiger partial charge in [0.25, 0.3) is 0 Å². The topological polar surface area (TPSA) is 52.5 Å². The molecular weight excluding hydrogens is 228 g/mol. The van der Waals surface area contributed by atoms with Gasteiger partial charge < -0.3 is 15.5 Å². The Morgan fingerprint density at radius 2 is 1.65 bits per heavy atom. The summed E-state index contributed by atoms with van der Waals surface area (Å²) in [6, 6.07) is 0.691. The standard InChI is InChI=1S/C12H15F2NO2/c13-11-8(5-7-1-3-15-4-2-7)12(14)10(17)6-9(11)16/h6-7,15-17H,1-5H2. The quantitative estimate of drug-likeness (QED) is 0.743. The third kappa shape index (κ3) is 2.49. The molecule has 1 aromatic rings. The highest BCUT2D eigenvalue weighted by Crippen LogP contribution is 2.32. The Labute approximate surface area is 98.1 Å². The second kappa shape index (κ2) is 4.87. The molecule has 0 aromatic heterocycles. The third-order valence-corrected chi connectivity index (χ3v) is 3.20. The van der Waals surface area contributed by atoms with Gasteiger partial charge in [-0.3, -0.25) is 0 Å². The Hall–Kier alpha value is -1.36. The van der Waals surface area contributed by atoms with Gasteiger partial charge in [0.1, 0.15) is 0 Å². The van der Waals surface area contributed by atoms with E-state index in [1.807, 2.05) is 0 Å². The Morgan fingerprint density at radius 1 is 1.12 bits per heavy atom. The first-order chi connectivity index (χ1) is 8.09. The summed E-state index contributed by atoms with van der Waals surface area (Å²) in [7, 11) is 0. The molecule has 2 rings (SSSR count). The number of aromatic hydroxyl groups is 2. The highest BCUT2D eigenvalue weighted by atomic mass is 19.1. The van der Waals surface area contributed by atoms with Crippen LogP contribution >= 0.6 is 0 Å². The summed E-state index contributed by atoms with van der Waals surface area (Å²) in [5, 5.41) is 21.6. The molecule has 0 aliphatic carbocycles. The molecule has 3 N–H and O–H groups in total. The molecule has 0 radical (unpaired) electrons. The van der Waals surface area contributed by atoms with Gasteiger partial charge in [0, 0.05) is 11.6 Å². The lowest BCUT2D eigenvalue weighted by Crippen LogP contribution is -2.29. The summed E-state index contributed by atoms with van der Waals surface area (Å²) in [6.07, 6.45) is 1.89. The van der Waals surface area contributed by atoms with Crippen LogP contribution in [0.15, 0.2) is 6.07 Å². The maximum Gasteiger partial charge on any atom is 0.171 e. The minimum atomic E-state index is -0.959. The summed E-state index contributed by atoms with van der Waals surface area (Å²) < 4.78 is 27.2. The van der Waals surface area contributed by atoms with Gasteiger partial charge in [0.15, 0.2) is 23.1 Å². The van der Waals surface area contributed by atoms with Crippen LogP contribution in [0.4, 0.5) is 8.78 Å². The Bertz CT molecular complexity index is 391. The van der Waals surface area contributed by atoms with E-state index in [1.54, 1.807) is 0 Å².